The molecule has 1 atom stereocenters. The Balaban J connectivity index is 2.50. The molecule has 0 aliphatic carbocycles. The molecular formula is C18H31NO8P+. The topological polar surface area (TPSA) is 123 Å². The first-order valence-electron chi connectivity index (χ1n) is 9.00. The normalized spacial score (nSPS) is 13.9. The number of hydrogen-bond donors (Lipinski definition) is 3. The highest BCUT2D eigenvalue weighted by Gasteiger charge is 2.22. The summed E-state index contributed by atoms with van der Waals surface area (Å²) < 4.78 is 27.1. The summed E-state index contributed by atoms with van der Waals surface area (Å²) in [4.78, 5) is 21.8. The van der Waals surface area contributed by atoms with Crippen molar-refractivity contribution in [1.29, 1.82) is 0 Å². The van der Waals surface area contributed by atoms with Gasteiger partial charge in [-0.15, -0.1) is 0 Å². The number of nitrogens with zero attached hydrogens (tertiary/aromatic N) is 1. The van der Waals surface area contributed by atoms with Crippen molar-refractivity contribution in [2.45, 2.75) is 12.8 Å². The van der Waals surface area contributed by atoms with Crippen LogP contribution in [0.25, 0.3) is 0 Å². The lowest BCUT2D eigenvalue weighted by atomic mass is 10.0. The van der Waals surface area contributed by atoms with Crippen molar-refractivity contribution in [2.75, 3.05) is 60.7 Å². The molecule has 9 nitrogen and oxygen atoms in total. The van der Waals surface area contributed by atoms with Gasteiger partial charge in [0.05, 0.1) is 33.3 Å². The van der Waals surface area contributed by atoms with Gasteiger partial charge in [-0.1, -0.05) is 6.07 Å². The molecule has 1 aromatic carbocycles. The van der Waals surface area contributed by atoms with Crippen molar-refractivity contribution in [3.05, 3.63) is 34.9 Å². The van der Waals surface area contributed by atoms with Crippen molar-refractivity contribution >= 4 is 13.8 Å². The van der Waals surface area contributed by atoms with Gasteiger partial charge in [-0.25, -0.2) is 9.36 Å². The number of benzene rings is 1. The number of aliphatic hydroxyl groups is 2. The minimum atomic E-state index is -4.20. The van der Waals surface area contributed by atoms with E-state index in [2.05, 4.69) is 0 Å². The molecule has 1 rings (SSSR count). The number of hydrogen-bond acceptors (Lipinski definition) is 7. The Kier molecular flexibility index (Phi) is 10.3. The Morgan fingerprint density at radius 1 is 0.964 bits per heavy atom. The van der Waals surface area contributed by atoms with Gasteiger partial charge in [0.15, 0.2) is 0 Å². The van der Waals surface area contributed by atoms with E-state index in [9.17, 15) is 14.3 Å². The molecule has 0 fully saturated rings. The predicted molar refractivity (Wildman–Crippen MR) is 103 cm³/mol. The van der Waals surface area contributed by atoms with Crippen LogP contribution in [0.4, 0.5) is 0 Å². The van der Waals surface area contributed by atoms with Crippen LogP contribution in [0, 0.1) is 0 Å². The van der Waals surface area contributed by atoms with Gasteiger partial charge < -0.3 is 24.3 Å². The molecular weight excluding hydrogens is 389 g/mol. The maximum Gasteiger partial charge on any atom is 0.472 e. The third kappa shape index (κ3) is 10.3. The number of ether oxygens (including phenoxy) is 1. The molecule has 0 aliphatic heterocycles. The largest absolute Gasteiger partial charge is 0.472 e. The molecule has 3 N–H and O–H groups in total. The van der Waals surface area contributed by atoms with Gasteiger partial charge in [-0.3, -0.25) is 9.05 Å². The monoisotopic (exact) mass is 420 g/mol. The fraction of sp³-hybridized carbons (Fsp3) is 0.611. The first kappa shape index (κ1) is 24.7. The van der Waals surface area contributed by atoms with Crippen molar-refractivity contribution < 1.29 is 42.7 Å². The summed E-state index contributed by atoms with van der Waals surface area (Å²) in [6, 6.07) is 5.01. The summed E-state index contributed by atoms with van der Waals surface area (Å²) in [6.07, 6.45) is 0.752. The second-order valence-electron chi connectivity index (χ2n) is 7.27. The highest BCUT2D eigenvalue weighted by molar-refractivity contribution is 7.47. The van der Waals surface area contributed by atoms with Crippen molar-refractivity contribution in [1.82, 2.24) is 0 Å². The molecule has 1 unspecified atom stereocenters. The Morgan fingerprint density at radius 3 is 2.00 bits per heavy atom. The molecule has 0 saturated heterocycles. The average molecular weight is 420 g/mol. The number of phosphoric acid groups is 1. The van der Waals surface area contributed by atoms with Crippen LogP contribution in [0.5, 0.6) is 0 Å². The molecule has 28 heavy (non-hydrogen) atoms. The van der Waals surface area contributed by atoms with Crippen LogP contribution >= 0.6 is 7.82 Å². The van der Waals surface area contributed by atoms with E-state index < -0.39 is 13.8 Å². The van der Waals surface area contributed by atoms with Crippen molar-refractivity contribution in [3.8, 4) is 0 Å². The zero-order chi connectivity index (χ0) is 21.2. The third-order valence-corrected chi connectivity index (χ3v) is 4.69. The van der Waals surface area contributed by atoms with Crippen LogP contribution in [-0.2, 0) is 31.2 Å². The number of carbonyl (C=O) groups excluding carboxylic acids is 1. The van der Waals surface area contributed by atoms with Gasteiger partial charge >= 0.3 is 13.8 Å². The molecule has 0 amide bonds. The van der Waals surface area contributed by atoms with E-state index in [1.807, 2.05) is 27.2 Å². The third-order valence-electron chi connectivity index (χ3n) is 3.68. The summed E-state index contributed by atoms with van der Waals surface area (Å²) in [5, 5.41) is 18.2. The fourth-order valence-corrected chi connectivity index (χ4v) is 2.96. The Hall–Kier alpha value is -1.32. The number of quaternary nitrogens is 1. The number of phosphoric ester groups is 1. The zero-order valence-electron chi connectivity index (χ0n) is 16.7. The number of aliphatic hydroxyl groups excluding tert-OH is 2. The molecule has 0 bridgehead atoms. The Bertz CT molecular complexity index is 650. The van der Waals surface area contributed by atoms with Gasteiger partial charge in [0, 0.05) is 13.2 Å². The van der Waals surface area contributed by atoms with Crippen LogP contribution in [-0.4, -0.2) is 86.3 Å². The smallest absolute Gasteiger partial charge is 0.460 e. The molecule has 0 aromatic heterocycles. The van der Waals surface area contributed by atoms with Gasteiger partial charge in [0.25, 0.3) is 0 Å². The summed E-state index contributed by atoms with van der Waals surface area (Å²) in [5.41, 5.74) is 1.78. The van der Waals surface area contributed by atoms with Crippen LogP contribution < -0.4 is 0 Å². The van der Waals surface area contributed by atoms with E-state index in [1.165, 1.54) is 0 Å². The second-order valence-corrected chi connectivity index (χ2v) is 8.72. The molecule has 0 aliphatic rings. The number of likely N-dealkylation sites (N-methyl/N-ethyl adjacent to an activating group) is 1. The highest BCUT2D eigenvalue weighted by atomic mass is 31.2. The quantitative estimate of drug-likeness (QED) is 0.185. The van der Waals surface area contributed by atoms with E-state index in [-0.39, 0.29) is 38.6 Å². The van der Waals surface area contributed by atoms with Gasteiger partial charge in [-0.05, 0) is 36.1 Å². The van der Waals surface area contributed by atoms with Crippen LogP contribution in [0.1, 0.15) is 21.5 Å². The summed E-state index contributed by atoms with van der Waals surface area (Å²) >= 11 is 0. The summed E-state index contributed by atoms with van der Waals surface area (Å²) in [7, 11) is 1.57. The predicted octanol–water partition coefficient (Wildman–Crippen LogP) is 0.753. The first-order valence-corrected chi connectivity index (χ1v) is 10.5. The number of rotatable bonds is 13. The molecule has 0 spiro atoms. The van der Waals surface area contributed by atoms with Gasteiger partial charge in [0.2, 0.25) is 0 Å². The fourth-order valence-electron chi connectivity index (χ4n) is 2.26. The van der Waals surface area contributed by atoms with Crippen LogP contribution in [0.3, 0.4) is 0 Å². The minimum absolute atomic E-state index is 0.0579. The highest BCUT2D eigenvalue weighted by Crippen LogP contribution is 2.42. The average Bonchev–Trinajstić information content (AvgIpc) is 2.57. The van der Waals surface area contributed by atoms with Crippen molar-refractivity contribution in [2.24, 2.45) is 0 Å². The lowest BCUT2D eigenvalue weighted by Gasteiger charge is -2.24. The van der Waals surface area contributed by atoms with Crippen LogP contribution in [0.2, 0.25) is 0 Å². The first-order chi connectivity index (χ1) is 13.1. The van der Waals surface area contributed by atoms with E-state index in [4.69, 9.17) is 24.0 Å². The summed E-state index contributed by atoms with van der Waals surface area (Å²) in [5.74, 6) is -0.624. The number of esters is 1. The lowest BCUT2D eigenvalue weighted by molar-refractivity contribution is -0.870. The maximum absolute atomic E-state index is 12.2. The summed E-state index contributed by atoms with van der Waals surface area (Å²) in [6.45, 7) is -0.0491. The van der Waals surface area contributed by atoms with Gasteiger partial charge in [0.1, 0.15) is 19.8 Å². The Morgan fingerprint density at radius 2 is 1.50 bits per heavy atom. The zero-order valence-corrected chi connectivity index (χ0v) is 17.6. The lowest BCUT2D eigenvalue weighted by Crippen LogP contribution is -2.37. The van der Waals surface area contributed by atoms with Crippen molar-refractivity contribution in [3.63, 3.8) is 0 Å². The molecule has 0 saturated carbocycles. The maximum atomic E-state index is 12.2. The standard InChI is InChI=1S/C18H30NO8P/c1-19(2,3)6-9-26-28(23,24)27-11-10-25-18(22)17-13-15(4-7-20)12-16(14-17)5-8-21/h12-14,20-21H,4-11H2,1-3H3/p+1. The second kappa shape index (κ2) is 11.6. The van der Waals surface area contributed by atoms with Crippen LogP contribution in [0.15, 0.2) is 18.2 Å². The molecule has 0 heterocycles. The number of carbonyl (C=O) groups is 1. The Labute approximate surface area is 165 Å². The molecule has 0 radical (unpaired) electrons. The molecule has 10 heteroatoms. The van der Waals surface area contributed by atoms with E-state index in [1.54, 1.807) is 12.1 Å². The molecule has 1 aromatic rings. The van der Waals surface area contributed by atoms with Gasteiger partial charge in [-0.2, -0.15) is 0 Å². The SMILES string of the molecule is C[N+](C)(C)CCOP(=O)(O)OCCOC(=O)c1cc(CCO)cc(CCO)c1. The van der Waals surface area contributed by atoms with E-state index >= 15 is 0 Å². The minimum Gasteiger partial charge on any atom is -0.460 e. The van der Waals surface area contributed by atoms with E-state index in [0.717, 1.165) is 11.1 Å². The molecule has 160 valence electrons. The van der Waals surface area contributed by atoms with E-state index in [0.29, 0.717) is 23.9 Å².